The average molecular weight is 526 g/mol. The monoisotopic (exact) mass is 525 g/mol. The second kappa shape index (κ2) is 10.3. The number of thiocarbonyl (C=S) groups is 1. The summed E-state index contributed by atoms with van der Waals surface area (Å²) in [7, 11) is 1.60. The third-order valence-corrected chi connectivity index (χ3v) is 6.92. The minimum Gasteiger partial charge on any atom is -0.494 e. The van der Waals surface area contributed by atoms with Gasteiger partial charge >= 0.3 is 0 Å². The third kappa shape index (κ3) is 4.87. The van der Waals surface area contributed by atoms with Crippen LogP contribution in [-0.2, 0) is 4.79 Å². The number of para-hydroxylation sites is 1. The fourth-order valence-electron chi connectivity index (χ4n) is 4.64. The Hall–Kier alpha value is -4.17. The molecular formula is C30H31N5O2S. The number of methoxy groups -OCH3 is 1. The first-order valence-electron chi connectivity index (χ1n) is 12.5. The standard InChI is InChI=1S/C30H31N5O2S/c1-30(2,3)28(36)32-22-16-15-21(19-25(22)37-4)35-27(26(33-29(35)38)23-13-8-9-17-31-23)24-14-10-18-34(24)20-11-6-5-7-12-20/h5-19,26-27H,1-4H3,(H,32,36)(H,33,38)/t26-,27+/m0/s1. The quantitative estimate of drug-likeness (QED) is 0.299. The van der Waals surface area contributed by atoms with Gasteiger partial charge in [-0.1, -0.05) is 45.0 Å². The van der Waals surface area contributed by atoms with Crippen molar-refractivity contribution in [3.63, 3.8) is 0 Å². The van der Waals surface area contributed by atoms with Crippen LogP contribution in [0.25, 0.3) is 5.69 Å². The molecule has 1 fully saturated rings. The van der Waals surface area contributed by atoms with Crippen LogP contribution in [0.15, 0.2) is 91.3 Å². The van der Waals surface area contributed by atoms with Gasteiger partial charge in [-0.25, -0.2) is 0 Å². The molecule has 1 amide bonds. The molecule has 2 atom stereocenters. The van der Waals surface area contributed by atoms with Crippen LogP contribution in [-0.4, -0.2) is 27.7 Å². The Morgan fingerprint density at radius 2 is 1.76 bits per heavy atom. The molecule has 38 heavy (non-hydrogen) atoms. The van der Waals surface area contributed by atoms with Crippen LogP contribution in [0, 0.1) is 5.41 Å². The molecule has 2 aromatic carbocycles. The largest absolute Gasteiger partial charge is 0.494 e. The molecule has 0 spiro atoms. The second-order valence-electron chi connectivity index (χ2n) is 10.2. The number of carbonyl (C=O) groups is 1. The van der Waals surface area contributed by atoms with E-state index in [0.717, 1.165) is 22.8 Å². The van der Waals surface area contributed by atoms with E-state index in [1.807, 2.05) is 81.4 Å². The first-order chi connectivity index (χ1) is 18.3. The summed E-state index contributed by atoms with van der Waals surface area (Å²) < 4.78 is 7.88. The lowest BCUT2D eigenvalue weighted by atomic mass is 9.95. The number of nitrogens with one attached hydrogen (secondary N) is 2. The number of nitrogens with zero attached hydrogens (tertiary/aromatic N) is 3. The summed E-state index contributed by atoms with van der Waals surface area (Å²) >= 11 is 5.91. The summed E-state index contributed by atoms with van der Waals surface area (Å²) in [5.41, 5.74) is 3.93. The van der Waals surface area contributed by atoms with Crippen LogP contribution >= 0.6 is 12.2 Å². The first-order valence-corrected chi connectivity index (χ1v) is 12.9. The Morgan fingerprint density at radius 3 is 2.45 bits per heavy atom. The van der Waals surface area contributed by atoms with Crippen molar-refractivity contribution in [1.29, 1.82) is 0 Å². The van der Waals surface area contributed by atoms with Gasteiger partial charge in [0.15, 0.2) is 5.11 Å². The molecule has 2 N–H and O–H groups in total. The molecule has 1 aliphatic rings. The van der Waals surface area contributed by atoms with Gasteiger partial charge in [0.05, 0.1) is 24.5 Å². The summed E-state index contributed by atoms with van der Waals surface area (Å²) in [4.78, 5) is 19.4. The molecule has 1 saturated heterocycles. The van der Waals surface area contributed by atoms with Crippen molar-refractivity contribution in [2.75, 3.05) is 17.3 Å². The molecule has 4 aromatic rings. The van der Waals surface area contributed by atoms with E-state index in [2.05, 4.69) is 49.5 Å². The van der Waals surface area contributed by atoms with E-state index in [0.29, 0.717) is 16.5 Å². The number of hydrogen-bond donors (Lipinski definition) is 2. The molecule has 1 aliphatic heterocycles. The van der Waals surface area contributed by atoms with Gasteiger partial charge in [0.1, 0.15) is 11.8 Å². The van der Waals surface area contributed by atoms with E-state index >= 15 is 0 Å². The SMILES string of the molecule is COc1cc(N2C(=S)N[C@@H](c3ccccn3)[C@H]2c2cccn2-c2ccccc2)ccc1NC(=O)C(C)(C)C. The Bertz CT molecular complexity index is 1450. The lowest BCUT2D eigenvalue weighted by Gasteiger charge is -2.29. The third-order valence-electron chi connectivity index (χ3n) is 6.61. The molecule has 7 nitrogen and oxygen atoms in total. The van der Waals surface area contributed by atoms with Crippen LogP contribution in [0.4, 0.5) is 11.4 Å². The molecule has 194 valence electrons. The van der Waals surface area contributed by atoms with Gasteiger partial charge in [-0.3, -0.25) is 9.78 Å². The van der Waals surface area contributed by atoms with Crippen LogP contribution in [0.2, 0.25) is 0 Å². The number of aromatic nitrogens is 2. The number of hydrogen-bond acceptors (Lipinski definition) is 4. The van der Waals surface area contributed by atoms with E-state index in [-0.39, 0.29) is 18.0 Å². The van der Waals surface area contributed by atoms with Gasteiger partial charge < -0.3 is 24.8 Å². The van der Waals surface area contributed by atoms with E-state index in [4.69, 9.17) is 17.0 Å². The van der Waals surface area contributed by atoms with Crippen LogP contribution in [0.3, 0.4) is 0 Å². The number of pyridine rings is 1. The predicted molar refractivity (Wildman–Crippen MR) is 155 cm³/mol. The Morgan fingerprint density at radius 1 is 1.00 bits per heavy atom. The van der Waals surface area contributed by atoms with Gasteiger partial charge in [0.25, 0.3) is 0 Å². The summed E-state index contributed by atoms with van der Waals surface area (Å²) in [5.74, 6) is 0.470. The molecule has 0 radical (unpaired) electrons. The van der Waals surface area contributed by atoms with Crippen molar-refractivity contribution < 1.29 is 9.53 Å². The normalized spacial score (nSPS) is 17.3. The first kappa shape index (κ1) is 25.5. The minimum atomic E-state index is -0.534. The molecule has 8 heteroatoms. The van der Waals surface area contributed by atoms with Crippen LogP contribution in [0.1, 0.15) is 44.2 Å². The van der Waals surface area contributed by atoms with Crippen LogP contribution < -0.4 is 20.3 Å². The number of ether oxygens (including phenoxy) is 1. The second-order valence-corrected chi connectivity index (χ2v) is 10.6. The number of carbonyl (C=O) groups excluding carboxylic acids is 1. The molecular weight excluding hydrogens is 494 g/mol. The lowest BCUT2D eigenvalue weighted by molar-refractivity contribution is -0.123. The van der Waals surface area contributed by atoms with Crippen molar-refractivity contribution >= 4 is 34.6 Å². The van der Waals surface area contributed by atoms with Gasteiger partial charge in [-0.2, -0.15) is 0 Å². The smallest absolute Gasteiger partial charge is 0.229 e. The Labute approximate surface area is 228 Å². The Balaban J connectivity index is 1.60. The Kier molecular flexibility index (Phi) is 6.91. The molecule has 0 unspecified atom stereocenters. The summed E-state index contributed by atoms with van der Waals surface area (Å²) in [6.45, 7) is 5.63. The van der Waals surface area contributed by atoms with Crippen molar-refractivity contribution in [1.82, 2.24) is 14.9 Å². The zero-order chi connectivity index (χ0) is 26.9. The van der Waals surface area contributed by atoms with E-state index in [1.165, 1.54) is 0 Å². The minimum absolute atomic E-state index is 0.0873. The van der Waals surface area contributed by atoms with E-state index in [1.54, 1.807) is 13.3 Å². The summed E-state index contributed by atoms with van der Waals surface area (Å²) in [6, 6.07) is 25.6. The molecule has 3 heterocycles. The number of rotatable bonds is 6. The highest BCUT2D eigenvalue weighted by Crippen LogP contribution is 2.44. The van der Waals surface area contributed by atoms with Crippen molar-refractivity contribution in [2.45, 2.75) is 32.9 Å². The van der Waals surface area contributed by atoms with Gasteiger partial charge in [-0.15, -0.1) is 0 Å². The number of amides is 1. The molecule has 2 aromatic heterocycles. The summed E-state index contributed by atoms with van der Waals surface area (Å²) in [5, 5.41) is 7.08. The van der Waals surface area contributed by atoms with Gasteiger partial charge in [0, 0.05) is 40.9 Å². The van der Waals surface area contributed by atoms with Crippen molar-refractivity contribution in [3.05, 3.63) is 103 Å². The topological polar surface area (TPSA) is 71.4 Å². The van der Waals surface area contributed by atoms with Gasteiger partial charge in [0.2, 0.25) is 5.91 Å². The fraction of sp³-hybridized carbons (Fsp3) is 0.233. The highest BCUT2D eigenvalue weighted by Gasteiger charge is 2.42. The maximum absolute atomic E-state index is 12.7. The zero-order valence-corrected chi connectivity index (χ0v) is 22.7. The maximum Gasteiger partial charge on any atom is 0.229 e. The highest BCUT2D eigenvalue weighted by molar-refractivity contribution is 7.80. The summed E-state index contributed by atoms with van der Waals surface area (Å²) in [6.07, 6.45) is 3.86. The maximum atomic E-state index is 12.7. The fourth-order valence-corrected chi connectivity index (χ4v) is 4.98. The molecule has 0 saturated carbocycles. The predicted octanol–water partition coefficient (Wildman–Crippen LogP) is 6.04. The lowest BCUT2D eigenvalue weighted by Crippen LogP contribution is -2.30. The average Bonchev–Trinajstić information content (AvgIpc) is 3.53. The highest BCUT2D eigenvalue weighted by atomic mass is 32.1. The van der Waals surface area contributed by atoms with Gasteiger partial charge in [-0.05, 0) is 60.7 Å². The van der Waals surface area contributed by atoms with Crippen LogP contribution in [0.5, 0.6) is 5.75 Å². The number of benzene rings is 2. The molecule has 0 aliphatic carbocycles. The zero-order valence-electron chi connectivity index (χ0n) is 21.9. The van der Waals surface area contributed by atoms with Crippen molar-refractivity contribution in [2.24, 2.45) is 5.41 Å². The number of anilines is 2. The van der Waals surface area contributed by atoms with E-state index in [9.17, 15) is 4.79 Å². The van der Waals surface area contributed by atoms with Crippen molar-refractivity contribution in [3.8, 4) is 11.4 Å². The van der Waals surface area contributed by atoms with E-state index < -0.39 is 5.41 Å². The molecule has 5 rings (SSSR count). The molecule has 0 bridgehead atoms.